The summed E-state index contributed by atoms with van der Waals surface area (Å²) in [6.45, 7) is 5.29. The second kappa shape index (κ2) is 6.12. The number of rotatable bonds is 6. The second-order valence-electron chi connectivity index (χ2n) is 6.02. The monoisotopic (exact) mass is 282 g/mol. The molecule has 110 valence electrons. The summed E-state index contributed by atoms with van der Waals surface area (Å²) in [4.78, 5) is 9.29. The van der Waals surface area contributed by atoms with Gasteiger partial charge in [0, 0.05) is 24.2 Å². The van der Waals surface area contributed by atoms with Crippen LogP contribution in [0.1, 0.15) is 26.7 Å². The Hall–Kier alpha value is -2.10. The number of hydrogen-bond donors (Lipinski definition) is 2. The molecule has 0 unspecified atom stereocenters. The van der Waals surface area contributed by atoms with Gasteiger partial charge in [-0.15, -0.1) is 0 Å². The average Bonchev–Trinajstić information content (AvgIpc) is 3.30. The predicted octanol–water partition coefficient (Wildman–Crippen LogP) is 3.79. The van der Waals surface area contributed by atoms with E-state index in [0.29, 0.717) is 12.0 Å². The Balaban J connectivity index is 1.88. The van der Waals surface area contributed by atoms with Crippen LogP contribution in [0.25, 0.3) is 11.4 Å². The van der Waals surface area contributed by atoms with E-state index in [0.717, 1.165) is 29.6 Å². The first kappa shape index (κ1) is 13.9. The van der Waals surface area contributed by atoms with Gasteiger partial charge in [-0.1, -0.05) is 44.2 Å². The first-order valence-corrected chi connectivity index (χ1v) is 7.65. The molecular weight excluding hydrogens is 260 g/mol. The van der Waals surface area contributed by atoms with Crippen molar-refractivity contribution in [3.8, 4) is 11.4 Å². The maximum atomic E-state index is 4.65. The highest BCUT2D eigenvalue weighted by molar-refractivity contribution is 5.61. The largest absolute Gasteiger partial charge is 0.370 e. The molecule has 0 spiro atoms. The molecule has 0 radical (unpaired) electrons. The van der Waals surface area contributed by atoms with Gasteiger partial charge in [-0.05, 0) is 18.8 Å². The van der Waals surface area contributed by atoms with Crippen LogP contribution in [-0.2, 0) is 0 Å². The predicted molar refractivity (Wildman–Crippen MR) is 87.4 cm³/mol. The van der Waals surface area contributed by atoms with Crippen molar-refractivity contribution in [2.45, 2.75) is 32.7 Å². The number of nitrogens with one attached hydrogen (secondary N) is 2. The first-order valence-electron chi connectivity index (χ1n) is 7.65. The molecule has 0 bridgehead atoms. The van der Waals surface area contributed by atoms with E-state index in [1.165, 1.54) is 12.8 Å². The summed E-state index contributed by atoms with van der Waals surface area (Å²) < 4.78 is 0. The molecule has 0 aliphatic heterocycles. The fraction of sp³-hybridized carbons (Fsp3) is 0.412. The third-order valence-corrected chi connectivity index (χ3v) is 3.38. The summed E-state index contributed by atoms with van der Waals surface area (Å²) >= 11 is 0. The molecule has 1 aromatic carbocycles. The highest BCUT2D eigenvalue weighted by Crippen LogP contribution is 2.26. The Morgan fingerprint density at radius 1 is 1.10 bits per heavy atom. The maximum absolute atomic E-state index is 4.65. The summed E-state index contributed by atoms with van der Waals surface area (Å²) in [6, 6.07) is 12.7. The van der Waals surface area contributed by atoms with E-state index >= 15 is 0 Å². The van der Waals surface area contributed by atoms with E-state index in [2.05, 4.69) is 34.4 Å². The molecule has 1 aliphatic carbocycles. The number of aromatic nitrogens is 2. The maximum Gasteiger partial charge on any atom is 0.163 e. The van der Waals surface area contributed by atoms with Crippen molar-refractivity contribution >= 4 is 11.6 Å². The lowest BCUT2D eigenvalue weighted by atomic mass is 10.2. The minimum absolute atomic E-state index is 0.583. The average molecular weight is 282 g/mol. The van der Waals surface area contributed by atoms with E-state index in [1.807, 2.05) is 36.4 Å². The van der Waals surface area contributed by atoms with E-state index < -0.39 is 0 Å². The molecule has 1 heterocycles. The first-order chi connectivity index (χ1) is 10.2. The summed E-state index contributed by atoms with van der Waals surface area (Å²) in [7, 11) is 0. The number of nitrogens with zero attached hydrogens (tertiary/aromatic N) is 2. The highest BCUT2D eigenvalue weighted by atomic mass is 15.1. The quantitative estimate of drug-likeness (QED) is 0.846. The van der Waals surface area contributed by atoms with Gasteiger partial charge in [0.25, 0.3) is 0 Å². The number of hydrogen-bond acceptors (Lipinski definition) is 4. The van der Waals surface area contributed by atoms with Gasteiger partial charge in [0.1, 0.15) is 11.6 Å². The smallest absolute Gasteiger partial charge is 0.163 e. The Labute approximate surface area is 126 Å². The highest BCUT2D eigenvalue weighted by Gasteiger charge is 2.22. The Morgan fingerprint density at radius 3 is 2.48 bits per heavy atom. The van der Waals surface area contributed by atoms with Gasteiger partial charge in [-0.2, -0.15) is 0 Å². The lowest BCUT2D eigenvalue weighted by Gasteiger charge is -2.12. The van der Waals surface area contributed by atoms with Gasteiger partial charge >= 0.3 is 0 Å². The van der Waals surface area contributed by atoms with Gasteiger partial charge in [-0.3, -0.25) is 0 Å². The van der Waals surface area contributed by atoms with Gasteiger partial charge in [0.2, 0.25) is 0 Å². The zero-order valence-corrected chi connectivity index (χ0v) is 12.6. The Kier molecular flexibility index (Phi) is 4.04. The summed E-state index contributed by atoms with van der Waals surface area (Å²) in [6.07, 6.45) is 2.47. The van der Waals surface area contributed by atoms with Crippen LogP contribution in [0, 0.1) is 5.92 Å². The van der Waals surface area contributed by atoms with Crippen molar-refractivity contribution in [1.82, 2.24) is 9.97 Å². The fourth-order valence-corrected chi connectivity index (χ4v) is 2.07. The molecule has 3 rings (SSSR count). The number of anilines is 2. The Bertz CT molecular complexity index is 591. The topological polar surface area (TPSA) is 49.8 Å². The van der Waals surface area contributed by atoms with Crippen LogP contribution < -0.4 is 10.6 Å². The molecule has 1 fully saturated rings. The van der Waals surface area contributed by atoms with Crippen LogP contribution >= 0.6 is 0 Å². The van der Waals surface area contributed by atoms with Crippen LogP contribution in [0.4, 0.5) is 11.6 Å². The molecule has 4 heteroatoms. The molecule has 0 atom stereocenters. The zero-order valence-electron chi connectivity index (χ0n) is 12.6. The van der Waals surface area contributed by atoms with E-state index in [-0.39, 0.29) is 0 Å². The second-order valence-corrected chi connectivity index (χ2v) is 6.02. The minimum Gasteiger partial charge on any atom is -0.370 e. The standard InChI is InChI=1S/C17H22N4/c1-12(2)11-18-15-10-16(19-14-8-9-14)21-17(20-15)13-6-4-3-5-7-13/h3-7,10,12,14H,8-9,11H2,1-2H3,(H2,18,19,20,21). The van der Waals surface area contributed by atoms with E-state index in [9.17, 15) is 0 Å². The van der Waals surface area contributed by atoms with Crippen molar-refractivity contribution in [2.24, 2.45) is 5.92 Å². The third kappa shape index (κ3) is 3.94. The van der Waals surface area contributed by atoms with Crippen LogP contribution in [0.15, 0.2) is 36.4 Å². The number of benzene rings is 1. The molecule has 1 aliphatic rings. The minimum atomic E-state index is 0.583. The SMILES string of the molecule is CC(C)CNc1cc(NC2CC2)nc(-c2ccccc2)n1. The van der Waals surface area contributed by atoms with Gasteiger partial charge in [0.15, 0.2) is 5.82 Å². The third-order valence-electron chi connectivity index (χ3n) is 3.38. The van der Waals surface area contributed by atoms with E-state index in [4.69, 9.17) is 0 Å². The van der Waals surface area contributed by atoms with Crippen LogP contribution in [-0.4, -0.2) is 22.6 Å². The van der Waals surface area contributed by atoms with Gasteiger partial charge < -0.3 is 10.6 Å². The fourth-order valence-electron chi connectivity index (χ4n) is 2.07. The van der Waals surface area contributed by atoms with Crippen molar-refractivity contribution in [3.63, 3.8) is 0 Å². The molecule has 0 saturated heterocycles. The van der Waals surface area contributed by atoms with Crippen molar-refractivity contribution in [2.75, 3.05) is 17.2 Å². The molecule has 2 N–H and O–H groups in total. The van der Waals surface area contributed by atoms with Gasteiger partial charge in [-0.25, -0.2) is 9.97 Å². The van der Waals surface area contributed by atoms with Crippen LogP contribution in [0.3, 0.4) is 0 Å². The lowest BCUT2D eigenvalue weighted by molar-refractivity contribution is 0.687. The molecule has 0 amide bonds. The summed E-state index contributed by atoms with van der Waals surface area (Å²) in [5.74, 6) is 3.16. The van der Waals surface area contributed by atoms with Gasteiger partial charge in [0.05, 0.1) is 0 Å². The molecule has 1 saturated carbocycles. The van der Waals surface area contributed by atoms with Crippen molar-refractivity contribution in [1.29, 1.82) is 0 Å². The lowest BCUT2D eigenvalue weighted by Crippen LogP contribution is -2.11. The van der Waals surface area contributed by atoms with Crippen molar-refractivity contribution in [3.05, 3.63) is 36.4 Å². The molecular formula is C17H22N4. The zero-order chi connectivity index (χ0) is 14.7. The molecule has 4 nitrogen and oxygen atoms in total. The Morgan fingerprint density at radius 2 is 1.81 bits per heavy atom. The van der Waals surface area contributed by atoms with Crippen LogP contribution in [0.2, 0.25) is 0 Å². The molecule has 1 aromatic heterocycles. The normalized spacial score (nSPS) is 14.2. The summed E-state index contributed by atoms with van der Waals surface area (Å²) in [5.41, 5.74) is 1.05. The molecule has 21 heavy (non-hydrogen) atoms. The summed E-state index contributed by atoms with van der Waals surface area (Å²) in [5, 5.41) is 6.86. The van der Waals surface area contributed by atoms with Crippen molar-refractivity contribution < 1.29 is 0 Å². The molecule has 2 aromatic rings. The van der Waals surface area contributed by atoms with Crippen LogP contribution in [0.5, 0.6) is 0 Å². The van der Waals surface area contributed by atoms with E-state index in [1.54, 1.807) is 0 Å².